The third-order valence-corrected chi connectivity index (χ3v) is 6.18. The van der Waals surface area contributed by atoms with Gasteiger partial charge in [0.05, 0.1) is 30.5 Å². The van der Waals surface area contributed by atoms with Crippen LogP contribution in [-0.4, -0.2) is 45.7 Å². The van der Waals surface area contributed by atoms with Crippen LogP contribution in [0.3, 0.4) is 0 Å². The van der Waals surface area contributed by atoms with E-state index in [0.717, 1.165) is 24.5 Å². The Hall–Kier alpha value is -3.74. The molecule has 2 atom stereocenters. The van der Waals surface area contributed by atoms with E-state index in [9.17, 15) is 9.59 Å². The van der Waals surface area contributed by atoms with Crippen molar-refractivity contribution in [3.63, 3.8) is 0 Å². The van der Waals surface area contributed by atoms with Gasteiger partial charge < -0.3 is 25.0 Å². The molecular formula is C26H30N6O3. The number of nitrogens with zero attached hydrogens (tertiary/aromatic N) is 2. The number of rotatable bonds is 6. The zero-order chi connectivity index (χ0) is 24.9. The molecule has 0 spiro atoms. The number of benzene rings is 1. The van der Waals surface area contributed by atoms with E-state index in [2.05, 4.69) is 47.1 Å². The minimum absolute atomic E-state index is 0.114. The molecule has 2 unspecified atom stereocenters. The molecule has 1 saturated heterocycles. The van der Waals surface area contributed by atoms with Gasteiger partial charge in [-0.15, -0.1) is 0 Å². The van der Waals surface area contributed by atoms with Gasteiger partial charge in [-0.2, -0.15) is 5.26 Å². The fourth-order valence-electron chi connectivity index (χ4n) is 4.36. The van der Waals surface area contributed by atoms with Gasteiger partial charge in [-0.25, -0.2) is 4.98 Å². The highest BCUT2D eigenvalue weighted by Crippen LogP contribution is 2.26. The molecule has 9 heteroatoms. The Morgan fingerprint density at radius 3 is 2.54 bits per heavy atom. The van der Waals surface area contributed by atoms with Gasteiger partial charge in [-0.1, -0.05) is 32.9 Å². The molecule has 35 heavy (non-hydrogen) atoms. The number of aromatic amines is 3. The topological polar surface area (TPSA) is 139 Å². The number of ether oxygens (including phenoxy) is 1. The zero-order valence-corrected chi connectivity index (χ0v) is 20.1. The molecule has 1 fully saturated rings. The SMILES string of the molecule is CCC(c1nc(C=c2[nH]c(=O)c(=Cc3cccc(C#N)c3)[nH]c2=O)c(C(C)C)[nH]1)C1COCCN1. The van der Waals surface area contributed by atoms with Crippen LogP contribution in [0.1, 0.15) is 67.4 Å². The van der Waals surface area contributed by atoms with E-state index in [1.54, 1.807) is 36.4 Å². The first-order valence-electron chi connectivity index (χ1n) is 11.9. The number of nitrogens with one attached hydrogen (secondary N) is 4. The van der Waals surface area contributed by atoms with E-state index in [0.29, 0.717) is 30.0 Å². The molecule has 3 heterocycles. The molecule has 4 N–H and O–H groups in total. The van der Waals surface area contributed by atoms with E-state index in [-0.39, 0.29) is 28.6 Å². The second kappa shape index (κ2) is 10.7. The van der Waals surface area contributed by atoms with Gasteiger partial charge in [0.15, 0.2) is 0 Å². The number of aromatic nitrogens is 4. The van der Waals surface area contributed by atoms with Crippen molar-refractivity contribution in [1.29, 1.82) is 5.26 Å². The second-order valence-corrected chi connectivity index (χ2v) is 8.99. The predicted octanol–water partition coefficient (Wildman–Crippen LogP) is 0.921. The van der Waals surface area contributed by atoms with Crippen molar-refractivity contribution in [2.24, 2.45) is 0 Å². The molecule has 0 aliphatic carbocycles. The molecule has 0 amide bonds. The van der Waals surface area contributed by atoms with Crippen LogP contribution in [0, 0.1) is 11.3 Å². The maximum atomic E-state index is 12.8. The van der Waals surface area contributed by atoms with Crippen LogP contribution >= 0.6 is 0 Å². The lowest BCUT2D eigenvalue weighted by molar-refractivity contribution is 0.0664. The Morgan fingerprint density at radius 2 is 1.91 bits per heavy atom. The summed E-state index contributed by atoms with van der Waals surface area (Å²) >= 11 is 0. The van der Waals surface area contributed by atoms with E-state index in [1.165, 1.54) is 0 Å². The summed E-state index contributed by atoms with van der Waals surface area (Å²) in [4.78, 5) is 39.2. The maximum absolute atomic E-state index is 12.8. The third-order valence-electron chi connectivity index (χ3n) is 6.18. The Labute approximate surface area is 202 Å². The fourth-order valence-corrected chi connectivity index (χ4v) is 4.36. The van der Waals surface area contributed by atoms with Gasteiger partial charge in [0.2, 0.25) is 0 Å². The molecule has 1 aromatic carbocycles. The van der Waals surface area contributed by atoms with Crippen LogP contribution in [-0.2, 0) is 4.74 Å². The lowest BCUT2D eigenvalue weighted by Crippen LogP contribution is -2.46. The van der Waals surface area contributed by atoms with Gasteiger partial charge >= 0.3 is 0 Å². The van der Waals surface area contributed by atoms with E-state index in [1.807, 2.05) is 0 Å². The van der Waals surface area contributed by atoms with Gasteiger partial charge in [0.1, 0.15) is 16.5 Å². The number of H-pyrrole nitrogens is 3. The van der Waals surface area contributed by atoms with Crippen molar-refractivity contribution in [2.75, 3.05) is 19.8 Å². The van der Waals surface area contributed by atoms with Crippen molar-refractivity contribution in [3.8, 4) is 6.07 Å². The lowest BCUT2D eigenvalue weighted by atomic mass is 9.96. The first-order chi connectivity index (χ1) is 16.9. The molecule has 1 aliphatic heterocycles. The Balaban J connectivity index is 1.75. The predicted molar refractivity (Wildman–Crippen MR) is 134 cm³/mol. The summed E-state index contributed by atoms with van der Waals surface area (Å²) in [5.74, 6) is 1.11. The molecule has 3 aromatic rings. The number of hydrogen-bond donors (Lipinski definition) is 4. The minimum Gasteiger partial charge on any atom is -0.378 e. The highest BCUT2D eigenvalue weighted by atomic mass is 16.5. The molecule has 4 rings (SSSR count). The number of imidazole rings is 1. The van der Waals surface area contributed by atoms with Crippen LogP contribution in [0.5, 0.6) is 0 Å². The Kier molecular flexibility index (Phi) is 7.44. The smallest absolute Gasteiger partial charge is 0.272 e. The average Bonchev–Trinajstić information content (AvgIpc) is 3.27. The van der Waals surface area contributed by atoms with Crippen LogP contribution in [0.25, 0.3) is 12.2 Å². The number of hydrogen-bond acceptors (Lipinski definition) is 6. The summed E-state index contributed by atoms with van der Waals surface area (Å²) < 4.78 is 5.65. The second-order valence-electron chi connectivity index (χ2n) is 8.99. The van der Waals surface area contributed by atoms with Crippen LogP contribution in [0.15, 0.2) is 33.9 Å². The summed E-state index contributed by atoms with van der Waals surface area (Å²) in [6.07, 6.45) is 4.04. The standard InChI is InChI=1S/C26H30N6O3/c1-4-18(22-14-35-9-8-28-22)24-29-19(23(32-24)15(2)3)12-21-26(34)30-20(25(33)31-21)11-16-6-5-7-17(10-16)13-27/h5-7,10-12,15,18,22,28H,4,8-9,14H2,1-3H3,(H,29,32)(H,30,34)(H,31,33). The largest absolute Gasteiger partial charge is 0.378 e. The monoisotopic (exact) mass is 474 g/mol. The molecule has 2 aromatic heterocycles. The van der Waals surface area contributed by atoms with Crippen molar-refractivity contribution >= 4 is 12.2 Å². The average molecular weight is 475 g/mol. The quantitative estimate of drug-likeness (QED) is 0.419. The number of morpholine rings is 1. The summed E-state index contributed by atoms with van der Waals surface area (Å²) in [5.41, 5.74) is 1.78. The minimum atomic E-state index is -0.435. The molecule has 0 radical (unpaired) electrons. The van der Waals surface area contributed by atoms with E-state index in [4.69, 9.17) is 15.0 Å². The van der Waals surface area contributed by atoms with Crippen LogP contribution in [0.2, 0.25) is 0 Å². The first-order valence-corrected chi connectivity index (χ1v) is 11.9. The lowest BCUT2D eigenvalue weighted by Gasteiger charge is -2.29. The van der Waals surface area contributed by atoms with Gasteiger partial charge in [0, 0.05) is 24.2 Å². The van der Waals surface area contributed by atoms with E-state index >= 15 is 0 Å². The van der Waals surface area contributed by atoms with Gasteiger partial charge in [0.25, 0.3) is 11.1 Å². The summed E-state index contributed by atoms with van der Waals surface area (Å²) in [6.45, 7) is 8.35. The summed E-state index contributed by atoms with van der Waals surface area (Å²) in [5, 5.41) is 12.8. The maximum Gasteiger partial charge on any atom is 0.272 e. The molecule has 182 valence electrons. The van der Waals surface area contributed by atoms with Crippen molar-refractivity contribution in [3.05, 3.63) is 84.0 Å². The van der Waals surface area contributed by atoms with E-state index < -0.39 is 11.1 Å². The first kappa shape index (κ1) is 24.4. The van der Waals surface area contributed by atoms with Gasteiger partial charge in [-0.3, -0.25) is 9.59 Å². The normalized spacial score (nSPS) is 18.1. The third kappa shape index (κ3) is 5.50. The molecular weight excluding hydrogens is 444 g/mol. The number of nitriles is 1. The van der Waals surface area contributed by atoms with Crippen LogP contribution in [0.4, 0.5) is 0 Å². The fraction of sp³-hybridized carbons (Fsp3) is 0.385. The molecule has 1 aliphatic rings. The highest BCUT2D eigenvalue weighted by Gasteiger charge is 2.27. The molecule has 0 saturated carbocycles. The Bertz CT molecular complexity index is 1470. The van der Waals surface area contributed by atoms with Crippen molar-refractivity contribution in [2.45, 2.75) is 45.1 Å². The van der Waals surface area contributed by atoms with Crippen molar-refractivity contribution < 1.29 is 4.74 Å². The zero-order valence-electron chi connectivity index (χ0n) is 20.1. The highest BCUT2D eigenvalue weighted by molar-refractivity contribution is 5.51. The van der Waals surface area contributed by atoms with Crippen LogP contribution < -0.4 is 27.1 Å². The van der Waals surface area contributed by atoms with Crippen molar-refractivity contribution in [1.82, 2.24) is 25.3 Å². The summed E-state index contributed by atoms with van der Waals surface area (Å²) in [6, 6.07) is 9.02. The Morgan fingerprint density at radius 1 is 1.17 bits per heavy atom. The molecule has 9 nitrogen and oxygen atoms in total. The van der Waals surface area contributed by atoms with Gasteiger partial charge in [-0.05, 0) is 42.2 Å². The molecule has 0 bridgehead atoms. The summed E-state index contributed by atoms with van der Waals surface area (Å²) in [7, 11) is 0.